The van der Waals surface area contributed by atoms with Crippen LogP contribution < -0.4 is 9.46 Å². The highest BCUT2D eigenvalue weighted by Gasteiger charge is 2.29. The van der Waals surface area contributed by atoms with E-state index in [9.17, 15) is 13.2 Å². The Morgan fingerprint density at radius 1 is 1.16 bits per heavy atom. The van der Waals surface area contributed by atoms with Crippen molar-refractivity contribution in [3.8, 4) is 5.75 Å². The average Bonchev–Trinajstić information content (AvgIpc) is 3.42. The van der Waals surface area contributed by atoms with E-state index in [-0.39, 0.29) is 28.9 Å². The van der Waals surface area contributed by atoms with E-state index in [4.69, 9.17) is 9.47 Å². The summed E-state index contributed by atoms with van der Waals surface area (Å²) in [7, 11) is -0.398. The molecule has 0 aliphatic carbocycles. The van der Waals surface area contributed by atoms with Gasteiger partial charge in [0.15, 0.2) is 0 Å². The molecule has 38 heavy (non-hydrogen) atoms. The number of methoxy groups -OCH3 is 1. The quantitative estimate of drug-likeness (QED) is 0.489. The largest absolute Gasteiger partial charge is 0.491 e. The summed E-state index contributed by atoms with van der Waals surface area (Å²) in [6.07, 6.45) is 1.63. The number of ether oxygens (including phenoxy) is 2. The van der Waals surface area contributed by atoms with Gasteiger partial charge >= 0.3 is 0 Å². The summed E-state index contributed by atoms with van der Waals surface area (Å²) in [5.74, 6) is 0.240. The molecule has 3 atom stereocenters. The second kappa shape index (κ2) is 12.2. The van der Waals surface area contributed by atoms with Crippen LogP contribution in [0.4, 0.5) is 5.69 Å². The number of carbonyl (C=O) groups is 1. The monoisotopic (exact) mass is 558 g/mol. The van der Waals surface area contributed by atoms with Gasteiger partial charge in [-0.05, 0) is 37.1 Å². The van der Waals surface area contributed by atoms with E-state index in [1.807, 2.05) is 5.38 Å². The number of sulfonamides is 1. The van der Waals surface area contributed by atoms with Gasteiger partial charge < -0.3 is 14.4 Å². The molecule has 1 amide bonds. The van der Waals surface area contributed by atoms with Gasteiger partial charge in [-0.15, -0.1) is 11.3 Å². The first-order chi connectivity index (χ1) is 18.2. The van der Waals surface area contributed by atoms with Crippen molar-refractivity contribution in [3.63, 3.8) is 0 Å². The maximum atomic E-state index is 13.4. The SMILES string of the molecule is CO[C@@H]1CN(C)C(=O)c2ccc(NS(=O)(=O)c3ccccc3)cc2OC[C@H](C)N(Cc2nccs2)C[C@H]1C. The summed E-state index contributed by atoms with van der Waals surface area (Å²) in [6, 6.07) is 12.9. The Balaban J connectivity index is 1.65. The number of anilines is 1. The minimum atomic E-state index is -3.80. The van der Waals surface area contributed by atoms with Gasteiger partial charge in [0.2, 0.25) is 0 Å². The summed E-state index contributed by atoms with van der Waals surface area (Å²) in [5, 5.41) is 2.97. The number of amides is 1. The molecule has 9 nitrogen and oxygen atoms in total. The van der Waals surface area contributed by atoms with Gasteiger partial charge in [-0.25, -0.2) is 13.4 Å². The third-order valence-electron chi connectivity index (χ3n) is 6.70. The Kier molecular flexibility index (Phi) is 9.03. The molecule has 0 spiro atoms. The van der Waals surface area contributed by atoms with Crippen LogP contribution in [0.2, 0.25) is 0 Å². The predicted molar refractivity (Wildman–Crippen MR) is 148 cm³/mol. The second-order valence-corrected chi connectivity index (χ2v) is 12.2. The number of hydrogen-bond acceptors (Lipinski definition) is 8. The molecule has 0 unspecified atom stereocenters. The van der Waals surface area contributed by atoms with Crippen LogP contribution in [0.1, 0.15) is 29.2 Å². The Morgan fingerprint density at radius 3 is 2.61 bits per heavy atom. The molecule has 2 heterocycles. The molecular weight excluding hydrogens is 524 g/mol. The molecule has 0 fully saturated rings. The van der Waals surface area contributed by atoms with Gasteiger partial charge in [-0.3, -0.25) is 14.4 Å². The molecule has 1 aromatic heterocycles. The zero-order valence-corrected chi connectivity index (χ0v) is 23.7. The number of likely N-dealkylation sites (N-methyl/N-ethyl adjacent to an activating group) is 1. The van der Waals surface area contributed by atoms with Crippen LogP contribution in [0.15, 0.2) is 65.0 Å². The van der Waals surface area contributed by atoms with Crippen molar-refractivity contribution in [1.29, 1.82) is 0 Å². The van der Waals surface area contributed by atoms with Crippen molar-refractivity contribution in [3.05, 3.63) is 70.7 Å². The fourth-order valence-corrected chi connectivity index (χ4v) is 6.16. The molecular formula is C27H34N4O5S2. The molecule has 4 rings (SSSR count). The van der Waals surface area contributed by atoms with Crippen molar-refractivity contribution in [2.24, 2.45) is 5.92 Å². The van der Waals surface area contributed by atoms with Crippen molar-refractivity contribution in [2.45, 2.75) is 37.4 Å². The highest BCUT2D eigenvalue weighted by molar-refractivity contribution is 7.92. The van der Waals surface area contributed by atoms with Gasteiger partial charge in [-0.2, -0.15) is 0 Å². The molecule has 0 radical (unpaired) electrons. The lowest BCUT2D eigenvalue weighted by molar-refractivity contribution is 0.00921. The number of nitrogens with zero attached hydrogens (tertiary/aromatic N) is 3. The number of fused-ring (bicyclic) bond motifs is 1. The normalized spacial score (nSPS) is 21.6. The maximum Gasteiger partial charge on any atom is 0.261 e. The molecule has 1 aliphatic heterocycles. The Labute approximate surface area is 228 Å². The predicted octanol–water partition coefficient (Wildman–Crippen LogP) is 3.95. The van der Waals surface area contributed by atoms with E-state index in [1.54, 1.807) is 73.0 Å². The van der Waals surface area contributed by atoms with Crippen molar-refractivity contribution < 1.29 is 22.7 Å². The Hall–Kier alpha value is -2.99. The Morgan fingerprint density at radius 2 is 1.92 bits per heavy atom. The number of rotatable bonds is 6. The van der Waals surface area contributed by atoms with Gasteiger partial charge in [0.1, 0.15) is 17.4 Å². The fraction of sp³-hybridized carbons (Fsp3) is 0.407. The van der Waals surface area contributed by atoms with Crippen LogP contribution in [0, 0.1) is 5.92 Å². The highest BCUT2D eigenvalue weighted by atomic mass is 32.2. The zero-order valence-electron chi connectivity index (χ0n) is 22.0. The fourth-order valence-electron chi connectivity index (χ4n) is 4.45. The maximum absolute atomic E-state index is 13.4. The second-order valence-electron chi connectivity index (χ2n) is 9.58. The standard InChI is InChI=1S/C27H34N4O5S2/c1-19-15-31(17-26-28-12-13-37-26)20(2)18-36-24-14-21(29-38(33,34)22-8-6-5-7-9-22)10-11-23(24)27(32)30(3)16-25(19)35-4/h5-14,19-20,25,29H,15-18H2,1-4H3/t19-,20+,25-/m1/s1. The number of nitrogens with one attached hydrogen (secondary N) is 1. The van der Waals surface area contributed by atoms with E-state index in [0.717, 1.165) is 11.6 Å². The molecule has 2 aromatic carbocycles. The van der Waals surface area contributed by atoms with Crippen LogP contribution in [0.25, 0.3) is 0 Å². The number of carbonyl (C=O) groups excluding carboxylic acids is 1. The zero-order chi connectivity index (χ0) is 27.3. The van der Waals surface area contributed by atoms with E-state index in [1.165, 1.54) is 12.1 Å². The average molecular weight is 559 g/mol. The van der Waals surface area contributed by atoms with Crippen molar-refractivity contribution in [1.82, 2.24) is 14.8 Å². The van der Waals surface area contributed by atoms with Gasteiger partial charge in [0, 0.05) is 50.9 Å². The van der Waals surface area contributed by atoms with E-state index in [0.29, 0.717) is 36.7 Å². The molecule has 1 N–H and O–H groups in total. The lowest BCUT2D eigenvalue weighted by atomic mass is 10.0. The van der Waals surface area contributed by atoms with E-state index >= 15 is 0 Å². The van der Waals surface area contributed by atoms with Crippen LogP contribution in [-0.2, 0) is 21.3 Å². The first kappa shape index (κ1) is 28.0. The van der Waals surface area contributed by atoms with Crippen LogP contribution in [-0.4, -0.2) is 75.1 Å². The first-order valence-corrected chi connectivity index (χ1v) is 14.8. The minimum absolute atomic E-state index is 0.0105. The molecule has 0 bridgehead atoms. The third kappa shape index (κ3) is 6.71. The summed E-state index contributed by atoms with van der Waals surface area (Å²) < 4.78 is 40.4. The first-order valence-electron chi connectivity index (χ1n) is 12.4. The van der Waals surface area contributed by atoms with E-state index in [2.05, 4.69) is 28.5 Å². The minimum Gasteiger partial charge on any atom is -0.491 e. The van der Waals surface area contributed by atoms with Crippen LogP contribution >= 0.6 is 11.3 Å². The van der Waals surface area contributed by atoms with Crippen LogP contribution in [0.5, 0.6) is 5.75 Å². The summed E-state index contributed by atoms with van der Waals surface area (Å²) >= 11 is 1.61. The molecule has 1 aliphatic rings. The highest BCUT2D eigenvalue weighted by Crippen LogP contribution is 2.28. The lowest BCUT2D eigenvalue weighted by Gasteiger charge is -2.35. The summed E-state index contributed by atoms with van der Waals surface area (Å²) in [4.78, 5) is 22.0. The lowest BCUT2D eigenvalue weighted by Crippen LogP contribution is -2.46. The Bertz CT molecular complexity index is 1320. The van der Waals surface area contributed by atoms with Gasteiger partial charge in [0.25, 0.3) is 15.9 Å². The third-order valence-corrected chi connectivity index (χ3v) is 8.86. The van der Waals surface area contributed by atoms with Crippen molar-refractivity contribution >= 4 is 33.0 Å². The molecule has 204 valence electrons. The van der Waals surface area contributed by atoms with E-state index < -0.39 is 10.0 Å². The summed E-state index contributed by atoms with van der Waals surface area (Å²) in [5.41, 5.74) is 0.669. The molecule has 3 aromatic rings. The number of aromatic nitrogens is 1. The number of thiazole rings is 1. The smallest absolute Gasteiger partial charge is 0.261 e. The topological polar surface area (TPSA) is 101 Å². The summed E-state index contributed by atoms with van der Waals surface area (Å²) in [6.45, 7) is 6.30. The van der Waals surface area contributed by atoms with Gasteiger partial charge in [-0.1, -0.05) is 25.1 Å². The van der Waals surface area contributed by atoms with Crippen LogP contribution in [0.3, 0.4) is 0 Å². The molecule has 0 saturated carbocycles. The van der Waals surface area contributed by atoms with Crippen molar-refractivity contribution in [2.75, 3.05) is 38.6 Å². The number of benzene rings is 2. The van der Waals surface area contributed by atoms with Gasteiger partial charge in [0.05, 0.1) is 28.8 Å². The molecule has 0 saturated heterocycles. The number of hydrogen-bond donors (Lipinski definition) is 1. The molecule has 11 heteroatoms.